The number of phenols is 1. The Balaban J connectivity index is 1.84. The van der Waals surface area contributed by atoms with Gasteiger partial charge in [0.15, 0.2) is 5.11 Å². The van der Waals surface area contributed by atoms with Crippen molar-refractivity contribution in [3.05, 3.63) is 90.0 Å². The summed E-state index contributed by atoms with van der Waals surface area (Å²) in [5, 5.41) is 14.1. The van der Waals surface area contributed by atoms with Crippen LogP contribution in [-0.4, -0.2) is 17.3 Å². The standard InChI is InChI=1S/C22H22N2O2S/c1-26-20-12-7-11-19(14-20)24(16-18-10-5-6-13-21(18)25)22(27)23-15-17-8-3-2-4-9-17/h2-14,25H,15-16H2,1H3,(H,23,27). The zero-order chi connectivity index (χ0) is 19.1. The lowest BCUT2D eigenvalue weighted by molar-refractivity contribution is 0.415. The van der Waals surface area contributed by atoms with Crippen molar-refractivity contribution < 1.29 is 9.84 Å². The van der Waals surface area contributed by atoms with E-state index in [2.05, 4.69) is 17.4 Å². The largest absolute Gasteiger partial charge is 0.508 e. The number of hydrogen-bond donors (Lipinski definition) is 2. The Kier molecular flexibility index (Phi) is 6.28. The molecular formula is C22H22N2O2S. The molecule has 3 aromatic rings. The molecule has 0 unspecified atom stereocenters. The Bertz CT molecular complexity index is 900. The summed E-state index contributed by atoms with van der Waals surface area (Å²) in [6.07, 6.45) is 0. The van der Waals surface area contributed by atoms with Crippen LogP contribution < -0.4 is 15.0 Å². The van der Waals surface area contributed by atoms with E-state index in [1.165, 1.54) is 0 Å². The lowest BCUT2D eigenvalue weighted by atomic mass is 10.1. The van der Waals surface area contributed by atoms with Crippen LogP contribution in [0.15, 0.2) is 78.9 Å². The second-order valence-electron chi connectivity index (χ2n) is 6.06. The van der Waals surface area contributed by atoms with Gasteiger partial charge in [-0.3, -0.25) is 0 Å². The number of anilines is 1. The second-order valence-corrected chi connectivity index (χ2v) is 6.45. The molecule has 0 bridgehead atoms. The Labute approximate surface area is 165 Å². The summed E-state index contributed by atoms with van der Waals surface area (Å²) in [5.41, 5.74) is 2.83. The van der Waals surface area contributed by atoms with Gasteiger partial charge < -0.3 is 20.1 Å². The molecule has 0 aliphatic heterocycles. The lowest BCUT2D eigenvalue weighted by Crippen LogP contribution is -2.39. The topological polar surface area (TPSA) is 44.7 Å². The highest BCUT2D eigenvalue weighted by atomic mass is 32.1. The highest BCUT2D eigenvalue weighted by Crippen LogP contribution is 2.25. The fraction of sp³-hybridized carbons (Fsp3) is 0.136. The summed E-state index contributed by atoms with van der Waals surface area (Å²) in [6.45, 7) is 1.07. The first-order valence-electron chi connectivity index (χ1n) is 8.67. The average Bonchev–Trinajstić information content (AvgIpc) is 2.72. The van der Waals surface area contributed by atoms with Crippen molar-refractivity contribution >= 4 is 23.0 Å². The van der Waals surface area contributed by atoms with Crippen molar-refractivity contribution in [2.45, 2.75) is 13.1 Å². The first kappa shape index (κ1) is 18.7. The van der Waals surface area contributed by atoms with Crippen molar-refractivity contribution in [2.24, 2.45) is 0 Å². The smallest absolute Gasteiger partial charge is 0.174 e. The number of hydrogen-bond acceptors (Lipinski definition) is 3. The molecule has 0 fully saturated rings. The quantitative estimate of drug-likeness (QED) is 0.619. The number of para-hydroxylation sites is 1. The second kappa shape index (κ2) is 9.05. The zero-order valence-corrected chi connectivity index (χ0v) is 15.9. The molecule has 2 N–H and O–H groups in total. The van der Waals surface area contributed by atoms with Crippen LogP contribution in [0.3, 0.4) is 0 Å². The molecule has 0 aliphatic rings. The highest BCUT2D eigenvalue weighted by Gasteiger charge is 2.15. The summed E-state index contributed by atoms with van der Waals surface area (Å²) < 4.78 is 5.35. The first-order chi connectivity index (χ1) is 13.2. The third-order valence-electron chi connectivity index (χ3n) is 4.22. The molecule has 0 atom stereocenters. The number of ether oxygens (including phenoxy) is 1. The van der Waals surface area contributed by atoms with E-state index in [0.717, 1.165) is 22.6 Å². The van der Waals surface area contributed by atoms with Crippen LogP contribution in [0.25, 0.3) is 0 Å². The number of nitrogens with one attached hydrogen (secondary N) is 1. The van der Waals surface area contributed by atoms with E-state index >= 15 is 0 Å². The van der Waals surface area contributed by atoms with E-state index in [4.69, 9.17) is 17.0 Å². The van der Waals surface area contributed by atoms with Gasteiger partial charge in [0.2, 0.25) is 0 Å². The van der Waals surface area contributed by atoms with Crippen molar-refractivity contribution in [2.75, 3.05) is 12.0 Å². The molecule has 0 radical (unpaired) electrons. The van der Waals surface area contributed by atoms with Gasteiger partial charge in [-0.05, 0) is 36.0 Å². The number of methoxy groups -OCH3 is 1. The molecule has 0 amide bonds. The molecule has 5 heteroatoms. The number of aromatic hydroxyl groups is 1. The summed E-state index contributed by atoms with van der Waals surface area (Å²) in [6, 6.07) is 25.1. The van der Waals surface area contributed by atoms with Gasteiger partial charge in [0, 0.05) is 23.9 Å². The van der Waals surface area contributed by atoms with Crippen LogP contribution >= 0.6 is 12.2 Å². The van der Waals surface area contributed by atoms with E-state index in [-0.39, 0.29) is 5.75 Å². The summed E-state index contributed by atoms with van der Waals surface area (Å²) in [5.74, 6) is 0.997. The van der Waals surface area contributed by atoms with Gasteiger partial charge in [0.1, 0.15) is 11.5 Å². The maximum Gasteiger partial charge on any atom is 0.174 e. The van der Waals surface area contributed by atoms with Crippen molar-refractivity contribution in [1.29, 1.82) is 0 Å². The molecule has 0 saturated heterocycles. The third-order valence-corrected chi connectivity index (χ3v) is 4.58. The normalized spacial score (nSPS) is 10.3. The predicted octanol–water partition coefficient (Wildman–Crippen LogP) is 4.48. The number of rotatable bonds is 6. The van der Waals surface area contributed by atoms with Gasteiger partial charge in [0.25, 0.3) is 0 Å². The first-order valence-corrected chi connectivity index (χ1v) is 9.08. The lowest BCUT2D eigenvalue weighted by Gasteiger charge is -2.27. The van der Waals surface area contributed by atoms with Gasteiger partial charge in [-0.25, -0.2) is 0 Å². The SMILES string of the molecule is COc1cccc(N(Cc2ccccc2O)C(=S)NCc2ccccc2)c1. The molecule has 0 aliphatic carbocycles. The molecule has 0 aromatic heterocycles. The summed E-state index contributed by atoms with van der Waals surface area (Å²) in [7, 11) is 1.64. The molecule has 27 heavy (non-hydrogen) atoms. The minimum absolute atomic E-state index is 0.247. The van der Waals surface area contributed by atoms with E-state index in [0.29, 0.717) is 18.2 Å². The van der Waals surface area contributed by atoms with Crippen LogP contribution in [0.1, 0.15) is 11.1 Å². The van der Waals surface area contributed by atoms with E-state index < -0.39 is 0 Å². The molecule has 3 rings (SSSR count). The molecule has 0 saturated carbocycles. The van der Waals surface area contributed by atoms with Crippen LogP contribution in [0.5, 0.6) is 11.5 Å². The number of nitrogens with zero attached hydrogens (tertiary/aromatic N) is 1. The molecular weight excluding hydrogens is 356 g/mol. The minimum Gasteiger partial charge on any atom is -0.508 e. The van der Waals surface area contributed by atoms with Crippen molar-refractivity contribution in [3.8, 4) is 11.5 Å². The minimum atomic E-state index is 0.247. The molecule has 0 spiro atoms. The fourth-order valence-electron chi connectivity index (χ4n) is 2.74. The van der Waals surface area contributed by atoms with Crippen molar-refractivity contribution in [1.82, 2.24) is 5.32 Å². The average molecular weight is 378 g/mol. The molecule has 138 valence electrons. The zero-order valence-electron chi connectivity index (χ0n) is 15.1. The maximum atomic E-state index is 10.2. The predicted molar refractivity (Wildman–Crippen MR) is 113 cm³/mol. The van der Waals surface area contributed by atoms with E-state index in [9.17, 15) is 5.11 Å². The van der Waals surface area contributed by atoms with Crippen LogP contribution in [-0.2, 0) is 13.1 Å². The summed E-state index contributed by atoms with van der Waals surface area (Å²) in [4.78, 5) is 1.95. The van der Waals surface area contributed by atoms with Crippen LogP contribution in [0.2, 0.25) is 0 Å². The molecule has 3 aromatic carbocycles. The molecule has 4 nitrogen and oxygen atoms in total. The maximum absolute atomic E-state index is 10.2. The number of thiocarbonyl (C=S) groups is 1. The van der Waals surface area contributed by atoms with Crippen molar-refractivity contribution in [3.63, 3.8) is 0 Å². The Morgan fingerprint density at radius 2 is 1.74 bits per heavy atom. The van der Waals surface area contributed by atoms with Gasteiger partial charge in [-0.15, -0.1) is 0 Å². The number of benzene rings is 3. The highest BCUT2D eigenvalue weighted by molar-refractivity contribution is 7.80. The summed E-state index contributed by atoms with van der Waals surface area (Å²) >= 11 is 5.67. The van der Waals surface area contributed by atoms with Gasteiger partial charge >= 0.3 is 0 Å². The van der Waals surface area contributed by atoms with Gasteiger partial charge in [-0.1, -0.05) is 54.6 Å². The van der Waals surface area contributed by atoms with Crippen LogP contribution in [0.4, 0.5) is 5.69 Å². The van der Waals surface area contributed by atoms with E-state index in [1.807, 2.05) is 59.5 Å². The van der Waals surface area contributed by atoms with Gasteiger partial charge in [0.05, 0.1) is 13.7 Å². The fourth-order valence-corrected chi connectivity index (χ4v) is 2.98. The van der Waals surface area contributed by atoms with Crippen LogP contribution in [0, 0.1) is 0 Å². The van der Waals surface area contributed by atoms with E-state index in [1.54, 1.807) is 19.2 Å². The monoisotopic (exact) mass is 378 g/mol. The van der Waals surface area contributed by atoms with Gasteiger partial charge in [-0.2, -0.15) is 0 Å². The Morgan fingerprint density at radius 1 is 1.00 bits per heavy atom. The Morgan fingerprint density at radius 3 is 2.48 bits per heavy atom. The molecule has 0 heterocycles. The number of phenolic OH excluding ortho intramolecular Hbond substituents is 1. The third kappa shape index (κ3) is 4.99. The Hall–Kier alpha value is -3.05.